The number of H-pyrrole nitrogens is 1. The van der Waals surface area contributed by atoms with Gasteiger partial charge < -0.3 is 15.4 Å². The van der Waals surface area contributed by atoms with Crippen molar-refractivity contribution >= 4 is 11.6 Å². The highest BCUT2D eigenvalue weighted by Gasteiger charge is 2.26. The minimum absolute atomic E-state index is 0.114. The number of carbonyl (C=O) groups excluding carboxylic acids is 1. The Bertz CT molecular complexity index is 651. The van der Waals surface area contributed by atoms with Crippen molar-refractivity contribution in [1.29, 1.82) is 0 Å². The molecule has 110 valence electrons. The Labute approximate surface area is 122 Å². The quantitative estimate of drug-likeness (QED) is 0.680. The van der Waals surface area contributed by atoms with Crippen molar-refractivity contribution in [3.8, 4) is 0 Å². The summed E-state index contributed by atoms with van der Waals surface area (Å²) in [6.45, 7) is 2.28. The van der Waals surface area contributed by atoms with E-state index < -0.39 is 6.10 Å². The van der Waals surface area contributed by atoms with Crippen LogP contribution in [0.5, 0.6) is 0 Å². The second kappa shape index (κ2) is 5.67. The van der Waals surface area contributed by atoms with Gasteiger partial charge in [0, 0.05) is 24.2 Å². The Balaban J connectivity index is 1.73. The number of nitrogens with zero attached hydrogens (tertiary/aromatic N) is 1. The van der Waals surface area contributed by atoms with Gasteiger partial charge in [0.25, 0.3) is 0 Å². The number of aromatic nitrogens is 2. The zero-order valence-corrected chi connectivity index (χ0v) is 11.8. The van der Waals surface area contributed by atoms with Crippen molar-refractivity contribution in [2.75, 3.05) is 5.32 Å². The number of rotatable bonds is 3. The molecule has 0 aliphatic carbocycles. The number of para-hydroxylation sites is 1. The lowest BCUT2D eigenvalue weighted by Gasteiger charge is -2.23. The van der Waals surface area contributed by atoms with Crippen molar-refractivity contribution in [3.05, 3.63) is 47.5 Å². The molecule has 3 rings (SSSR count). The van der Waals surface area contributed by atoms with Gasteiger partial charge in [0.05, 0.1) is 29.9 Å². The van der Waals surface area contributed by atoms with Crippen LogP contribution in [0.3, 0.4) is 0 Å². The third-order valence-corrected chi connectivity index (χ3v) is 3.72. The summed E-state index contributed by atoms with van der Waals surface area (Å²) >= 11 is 0. The molecule has 6 nitrogen and oxygen atoms in total. The number of aliphatic hydroxyl groups excluding tert-OH is 1. The Hall–Kier alpha value is -2.18. The average molecular weight is 286 g/mol. The first kappa shape index (κ1) is 13.8. The number of benzene rings is 1. The zero-order valence-electron chi connectivity index (χ0n) is 11.8. The molecule has 2 atom stereocenters. The molecular formula is C15H18N4O2. The number of anilines is 1. The van der Waals surface area contributed by atoms with Crippen molar-refractivity contribution in [2.24, 2.45) is 0 Å². The molecule has 0 saturated heterocycles. The summed E-state index contributed by atoms with van der Waals surface area (Å²) in [5.41, 5.74) is 3.32. The lowest BCUT2D eigenvalue weighted by Crippen LogP contribution is -2.44. The van der Waals surface area contributed by atoms with Crippen molar-refractivity contribution < 1.29 is 9.90 Å². The number of amides is 1. The van der Waals surface area contributed by atoms with Crippen LogP contribution < -0.4 is 10.6 Å². The van der Waals surface area contributed by atoms with E-state index >= 15 is 0 Å². The van der Waals surface area contributed by atoms with Crippen LogP contribution in [-0.4, -0.2) is 27.0 Å². The van der Waals surface area contributed by atoms with E-state index in [9.17, 15) is 9.90 Å². The fourth-order valence-corrected chi connectivity index (χ4v) is 2.55. The van der Waals surface area contributed by atoms with Crippen LogP contribution in [0.4, 0.5) is 5.69 Å². The van der Waals surface area contributed by atoms with Gasteiger partial charge in [-0.3, -0.25) is 10.1 Å². The minimum atomic E-state index is -0.626. The Morgan fingerprint density at radius 1 is 1.48 bits per heavy atom. The molecule has 0 radical (unpaired) electrons. The highest BCUT2D eigenvalue weighted by atomic mass is 16.3. The first-order valence-electron chi connectivity index (χ1n) is 6.97. The highest BCUT2D eigenvalue weighted by Crippen LogP contribution is 2.23. The molecule has 1 aromatic heterocycles. The summed E-state index contributed by atoms with van der Waals surface area (Å²) in [7, 11) is 0. The monoisotopic (exact) mass is 286 g/mol. The van der Waals surface area contributed by atoms with E-state index in [1.54, 1.807) is 25.4 Å². The molecule has 6 heteroatoms. The van der Waals surface area contributed by atoms with Gasteiger partial charge >= 0.3 is 0 Å². The number of aliphatic hydroxyl groups is 1. The molecule has 4 N–H and O–H groups in total. The fourth-order valence-electron chi connectivity index (χ4n) is 2.55. The van der Waals surface area contributed by atoms with Gasteiger partial charge in [-0.2, -0.15) is 0 Å². The van der Waals surface area contributed by atoms with Gasteiger partial charge in [0.1, 0.15) is 0 Å². The van der Waals surface area contributed by atoms with Gasteiger partial charge in [-0.25, -0.2) is 4.98 Å². The maximum absolute atomic E-state index is 12.4. The van der Waals surface area contributed by atoms with Crippen LogP contribution in [0.15, 0.2) is 30.6 Å². The number of fused-ring (bicyclic) bond motifs is 1. The van der Waals surface area contributed by atoms with Crippen LogP contribution in [-0.2, 0) is 17.8 Å². The van der Waals surface area contributed by atoms with E-state index in [1.165, 1.54) is 0 Å². The SMILES string of the molecule is CC(O)c1ccccc1NC(=O)C1Cc2nc[nH]c2CN1. The summed E-state index contributed by atoms with van der Waals surface area (Å²) in [6.07, 6.45) is 1.58. The van der Waals surface area contributed by atoms with Gasteiger partial charge in [-0.1, -0.05) is 18.2 Å². The van der Waals surface area contributed by atoms with Gasteiger partial charge in [0.2, 0.25) is 5.91 Å². The molecule has 1 aromatic carbocycles. The third-order valence-electron chi connectivity index (χ3n) is 3.72. The van der Waals surface area contributed by atoms with Crippen LogP contribution >= 0.6 is 0 Å². The third kappa shape index (κ3) is 2.81. The van der Waals surface area contributed by atoms with Crippen LogP contribution in [0.2, 0.25) is 0 Å². The second-order valence-corrected chi connectivity index (χ2v) is 5.22. The number of nitrogens with one attached hydrogen (secondary N) is 3. The molecule has 0 bridgehead atoms. The normalized spacial score (nSPS) is 18.9. The number of hydrogen-bond donors (Lipinski definition) is 4. The molecule has 0 fully saturated rings. The fraction of sp³-hybridized carbons (Fsp3) is 0.333. The molecule has 0 saturated carbocycles. The van der Waals surface area contributed by atoms with E-state index in [1.807, 2.05) is 12.1 Å². The summed E-state index contributed by atoms with van der Waals surface area (Å²) in [5.74, 6) is -0.114. The number of imidazole rings is 1. The Morgan fingerprint density at radius 3 is 3.10 bits per heavy atom. The maximum atomic E-state index is 12.4. The van der Waals surface area contributed by atoms with Crippen LogP contribution in [0.1, 0.15) is 30.0 Å². The van der Waals surface area contributed by atoms with Crippen molar-refractivity contribution in [2.45, 2.75) is 32.0 Å². The summed E-state index contributed by atoms with van der Waals surface area (Å²) in [6, 6.07) is 6.96. The number of hydrogen-bond acceptors (Lipinski definition) is 4. The predicted octanol–water partition coefficient (Wildman–Crippen LogP) is 1.12. The topological polar surface area (TPSA) is 90.0 Å². The van der Waals surface area contributed by atoms with Gasteiger partial charge in [-0.15, -0.1) is 0 Å². The molecular weight excluding hydrogens is 268 g/mol. The summed E-state index contributed by atoms with van der Waals surface area (Å²) in [5, 5.41) is 15.8. The summed E-state index contributed by atoms with van der Waals surface area (Å²) < 4.78 is 0. The lowest BCUT2D eigenvalue weighted by molar-refractivity contribution is -0.118. The van der Waals surface area contributed by atoms with Crippen molar-refractivity contribution in [1.82, 2.24) is 15.3 Å². The molecule has 2 heterocycles. The van der Waals surface area contributed by atoms with E-state index in [0.29, 0.717) is 24.2 Å². The largest absolute Gasteiger partial charge is 0.389 e. The molecule has 1 aliphatic heterocycles. The number of aromatic amines is 1. The minimum Gasteiger partial charge on any atom is -0.389 e. The Morgan fingerprint density at radius 2 is 2.29 bits per heavy atom. The Kier molecular flexibility index (Phi) is 3.72. The molecule has 0 spiro atoms. The van der Waals surface area contributed by atoms with Crippen LogP contribution in [0, 0.1) is 0 Å². The molecule has 2 unspecified atom stereocenters. The van der Waals surface area contributed by atoms with E-state index in [-0.39, 0.29) is 11.9 Å². The first-order chi connectivity index (χ1) is 10.1. The molecule has 21 heavy (non-hydrogen) atoms. The predicted molar refractivity (Wildman–Crippen MR) is 78.6 cm³/mol. The van der Waals surface area contributed by atoms with E-state index in [2.05, 4.69) is 20.6 Å². The number of carbonyl (C=O) groups is 1. The smallest absolute Gasteiger partial charge is 0.241 e. The van der Waals surface area contributed by atoms with Gasteiger partial charge in [0.15, 0.2) is 0 Å². The van der Waals surface area contributed by atoms with E-state index in [0.717, 1.165) is 11.4 Å². The second-order valence-electron chi connectivity index (χ2n) is 5.22. The van der Waals surface area contributed by atoms with E-state index in [4.69, 9.17) is 0 Å². The first-order valence-corrected chi connectivity index (χ1v) is 6.97. The zero-order chi connectivity index (χ0) is 14.8. The maximum Gasteiger partial charge on any atom is 0.241 e. The molecule has 1 amide bonds. The summed E-state index contributed by atoms with van der Waals surface area (Å²) in [4.78, 5) is 19.7. The van der Waals surface area contributed by atoms with Gasteiger partial charge in [-0.05, 0) is 13.0 Å². The highest BCUT2D eigenvalue weighted by molar-refractivity contribution is 5.95. The standard InChI is InChI=1S/C15H18N4O2/c1-9(20)10-4-2-3-5-11(10)19-15(21)13-6-12-14(7-16-13)18-8-17-12/h2-5,8-9,13,16,20H,6-7H2,1H3,(H,17,18)(H,19,21). The average Bonchev–Trinajstić information content (AvgIpc) is 2.94. The lowest BCUT2D eigenvalue weighted by atomic mass is 10.0. The van der Waals surface area contributed by atoms with Crippen LogP contribution in [0.25, 0.3) is 0 Å². The molecule has 1 aliphatic rings. The van der Waals surface area contributed by atoms with Crippen molar-refractivity contribution in [3.63, 3.8) is 0 Å². The molecule has 2 aromatic rings.